The fraction of sp³-hybridized carbons (Fsp3) is 0.211. The second-order valence-electron chi connectivity index (χ2n) is 5.46. The van der Waals surface area contributed by atoms with Gasteiger partial charge in [0.1, 0.15) is 6.33 Å². The van der Waals surface area contributed by atoms with Crippen LogP contribution in [-0.2, 0) is 5.75 Å². The van der Waals surface area contributed by atoms with Crippen LogP contribution >= 0.6 is 23.4 Å². The normalized spacial score (nSPS) is 11.1. The molecule has 0 bridgehead atoms. The standard InChI is InChI=1S/C19H19ClN4O2S/c1-3-26-17-9-6-15(10-18(17)25-2)11-22-24-13-21-23-19(24)27-12-14-4-7-16(20)8-5-14/h4-11,13H,3,12H2,1-2H3/b22-11-. The largest absolute Gasteiger partial charge is 0.493 e. The topological polar surface area (TPSA) is 61.5 Å². The van der Waals surface area contributed by atoms with E-state index in [9.17, 15) is 0 Å². The van der Waals surface area contributed by atoms with Crippen molar-refractivity contribution in [2.24, 2.45) is 5.10 Å². The zero-order chi connectivity index (χ0) is 19.1. The monoisotopic (exact) mass is 402 g/mol. The van der Waals surface area contributed by atoms with E-state index < -0.39 is 0 Å². The van der Waals surface area contributed by atoms with E-state index in [1.54, 1.807) is 36.1 Å². The van der Waals surface area contributed by atoms with Crippen molar-refractivity contribution in [3.05, 3.63) is 64.9 Å². The first kappa shape index (κ1) is 19.3. The van der Waals surface area contributed by atoms with Crippen molar-refractivity contribution in [1.82, 2.24) is 14.9 Å². The van der Waals surface area contributed by atoms with E-state index in [2.05, 4.69) is 15.3 Å². The average molecular weight is 403 g/mol. The Labute approximate surface area is 167 Å². The third-order valence-corrected chi connectivity index (χ3v) is 4.86. The Balaban J connectivity index is 1.69. The Morgan fingerprint density at radius 1 is 1.19 bits per heavy atom. The molecule has 3 aromatic rings. The van der Waals surface area contributed by atoms with Crippen molar-refractivity contribution >= 4 is 29.6 Å². The zero-order valence-electron chi connectivity index (χ0n) is 15.0. The Hall–Kier alpha value is -2.51. The van der Waals surface area contributed by atoms with Gasteiger partial charge in [-0.1, -0.05) is 35.5 Å². The molecule has 3 rings (SSSR count). The van der Waals surface area contributed by atoms with Crippen molar-refractivity contribution in [2.45, 2.75) is 17.8 Å². The molecule has 8 heteroatoms. The van der Waals surface area contributed by atoms with Crippen molar-refractivity contribution < 1.29 is 9.47 Å². The molecule has 6 nitrogen and oxygen atoms in total. The van der Waals surface area contributed by atoms with Crippen molar-refractivity contribution in [3.8, 4) is 11.5 Å². The molecule has 0 aliphatic carbocycles. The molecule has 0 atom stereocenters. The Morgan fingerprint density at radius 3 is 2.74 bits per heavy atom. The van der Waals surface area contributed by atoms with Gasteiger partial charge in [0.25, 0.3) is 0 Å². The molecule has 0 saturated carbocycles. The van der Waals surface area contributed by atoms with E-state index in [0.29, 0.717) is 23.3 Å². The van der Waals surface area contributed by atoms with Crippen LogP contribution in [-0.4, -0.2) is 34.8 Å². The fourth-order valence-corrected chi connectivity index (χ4v) is 3.24. The predicted molar refractivity (Wildman–Crippen MR) is 108 cm³/mol. The van der Waals surface area contributed by atoms with Crippen LogP contribution in [0.5, 0.6) is 11.5 Å². The highest BCUT2D eigenvalue weighted by molar-refractivity contribution is 7.98. The van der Waals surface area contributed by atoms with Crippen LogP contribution in [0.15, 0.2) is 59.0 Å². The molecule has 2 aromatic carbocycles. The number of methoxy groups -OCH3 is 1. The summed E-state index contributed by atoms with van der Waals surface area (Å²) in [7, 11) is 1.62. The van der Waals surface area contributed by atoms with Gasteiger partial charge in [-0.3, -0.25) is 0 Å². The highest BCUT2D eigenvalue weighted by Gasteiger charge is 2.06. The summed E-state index contributed by atoms with van der Waals surface area (Å²) >= 11 is 7.47. The van der Waals surface area contributed by atoms with Crippen LogP contribution in [0.25, 0.3) is 0 Å². The Bertz CT molecular complexity index is 912. The number of aromatic nitrogens is 3. The minimum Gasteiger partial charge on any atom is -0.493 e. The number of nitrogens with zero attached hydrogens (tertiary/aromatic N) is 4. The summed E-state index contributed by atoms with van der Waals surface area (Å²) in [4.78, 5) is 0. The van der Waals surface area contributed by atoms with Crippen molar-refractivity contribution in [1.29, 1.82) is 0 Å². The summed E-state index contributed by atoms with van der Waals surface area (Å²) in [5.41, 5.74) is 2.04. The quantitative estimate of drug-likeness (QED) is 0.409. The second kappa shape index (κ2) is 9.43. The van der Waals surface area contributed by atoms with Gasteiger partial charge in [-0.25, -0.2) is 0 Å². The highest BCUT2D eigenvalue weighted by atomic mass is 35.5. The summed E-state index contributed by atoms with van der Waals surface area (Å²) in [5.74, 6) is 2.13. The molecule has 140 valence electrons. The van der Waals surface area contributed by atoms with Crippen LogP contribution in [0.4, 0.5) is 0 Å². The second-order valence-corrected chi connectivity index (χ2v) is 6.84. The number of ether oxygens (including phenoxy) is 2. The van der Waals surface area contributed by atoms with E-state index in [0.717, 1.165) is 21.9 Å². The van der Waals surface area contributed by atoms with E-state index in [1.807, 2.05) is 49.4 Å². The molecule has 0 saturated heterocycles. The maximum atomic E-state index is 5.92. The molecule has 27 heavy (non-hydrogen) atoms. The number of benzene rings is 2. The van der Waals surface area contributed by atoms with E-state index >= 15 is 0 Å². The van der Waals surface area contributed by atoms with Crippen LogP contribution < -0.4 is 9.47 Å². The van der Waals surface area contributed by atoms with E-state index in [-0.39, 0.29) is 0 Å². The van der Waals surface area contributed by atoms with Crippen LogP contribution in [0, 0.1) is 0 Å². The molecule has 0 unspecified atom stereocenters. The lowest BCUT2D eigenvalue weighted by Gasteiger charge is -2.09. The zero-order valence-corrected chi connectivity index (χ0v) is 16.6. The third-order valence-electron chi connectivity index (χ3n) is 3.60. The van der Waals surface area contributed by atoms with Crippen molar-refractivity contribution in [2.75, 3.05) is 13.7 Å². The lowest BCUT2D eigenvalue weighted by molar-refractivity contribution is 0.311. The fourth-order valence-electron chi connectivity index (χ4n) is 2.29. The summed E-state index contributed by atoms with van der Waals surface area (Å²) in [6, 6.07) is 13.4. The number of thioether (sulfide) groups is 1. The molecule has 0 spiro atoms. The molecule has 1 heterocycles. The molecule has 0 radical (unpaired) electrons. The van der Waals surface area contributed by atoms with Gasteiger partial charge in [0.2, 0.25) is 5.16 Å². The van der Waals surface area contributed by atoms with Crippen LogP contribution in [0.2, 0.25) is 5.02 Å². The number of rotatable bonds is 8. The molecule has 0 N–H and O–H groups in total. The van der Waals surface area contributed by atoms with Gasteiger partial charge in [-0.05, 0) is 48.4 Å². The summed E-state index contributed by atoms with van der Waals surface area (Å²) in [5, 5.41) is 13.9. The summed E-state index contributed by atoms with van der Waals surface area (Å²) in [6.45, 7) is 2.52. The summed E-state index contributed by atoms with van der Waals surface area (Å²) in [6.07, 6.45) is 3.31. The predicted octanol–water partition coefficient (Wildman–Crippen LogP) is 4.51. The van der Waals surface area contributed by atoms with Gasteiger partial charge >= 0.3 is 0 Å². The van der Waals surface area contributed by atoms with Gasteiger partial charge in [0.15, 0.2) is 11.5 Å². The van der Waals surface area contributed by atoms with Gasteiger partial charge in [0, 0.05) is 10.8 Å². The maximum absolute atomic E-state index is 5.92. The van der Waals surface area contributed by atoms with Crippen molar-refractivity contribution in [3.63, 3.8) is 0 Å². The van der Waals surface area contributed by atoms with Gasteiger partial charge in [-0.2, -0.15) is 9.78 Å². The first-order chi connectivity index (χ1) is 13.2. The molecule has 0 amide bonds. The minimum atomic E-state index is 0.582. The molecular formula is C19H19ClN4O2S. The molecule has 1 aromatic heterocycles. The lowest BCUT2D eigenvalue weighted by atomic mass is 10.2. The smallest absolute Gasteiger partial charge is 0.212 e. The summed E-state index contributed by atoms with van der Waals surface area (Å²) < 4.78 is 12.5. The molecular weight excluding hydrogens is 384 g/mol. The first-order valence-electron chi connectivity index (χ1n) is 8.32. The van der Waals surface area contributed by atoms with Crippen LogP contribution in [0.3, 0.4) is 0 Å². The lowest BCUT2D eigenvalue weighted by Crippen LogP contribution is -1.97. The van der Waals surface area contributed by atoms with E-state index in [1.165, 1.54) is 0 Å². The van der Waals surface area contributed by atoms with Gasteiger partial charge in [0.05, 0.1) is 19.9 Å². The number of halogens is 1. The first-order valence-corrected chi connectivity index (χ1v) is 9.68. The Kier molecular flexibility index (Phi) is 6.73. The van der Waals surface area contributed by atoms with Crippen LogP contribution in [0.1, 0.15) is 18.1 Å². The van der Waals surface area contributed by atoms with Gasteiger partial charge in [-0.15, -0.1) is 10.2 Å². The maximum Gasteiger partial charge on any atom is 0.212 e. The minimum absolute atomic E-state index is 0.582. The van der Waals surface area contributed by atoms with Gasteiger partial charge < -0.3 is 9.47 Å². The number of hydrogen-bond donors (Lipinski definition) is 0. The SMILES string of the molecule is CCOc1ccc(/C=N\n2cnnc2SCc2ccc(Cl)cc2)cc1OC. The van der Waals surface area contributed by atoms with E-state index in [4.69, 9.17) is 21.1 Å². The highest BCUT2D eigenvalue weighted by Crippen LogP contribution is 2.27. The average Bonchev–Trinajstić information content (AvgIpc) is 3.14. The molecule has 0 aliphatic rings. The molecule has 0 fully saturated rings. The molecule has 0 aliphatic heterocycles. The Morgan fingerprint density at radius 2 is 2.00 bits per heavy atom. The number of hydrogen-bond acceptors (Lipinski definition) is 6. The third kappa shape index (κ3) is 5.24.